The molecule has 5 nitrogen and oxygen atoms in total. The first kappa shape index (κ1) is 16.8. The molecule has 0 bridgehead atoms. The summed E-state index contributed by atoms with van der Waals surface area (Å²) < 4.78 is 54.7. The molecular weight excluding hydrogens is 290 g/mol. The number of benzene rings is 1. The van der Waals surface area contributed by atoms with Crippen LogP contribution in [0.1, 0.15) is 6.92 Å². The van der Waals surface area contributed by atoms with Crippen molar-refractivity contribution in [3.8, 4) is 0 Å². The molecule has 2 N–H and O–H groups in total. The molecule has 1 aromatic rings. The first-order valence-electron chi connectivity index (χ1n) is 6.16. The maximum atomic E-state index is 12.1. The summed E-state index contributed by atoms with van der Waals surface area (Å²) in [7, 11) is -3.69. The Hall–Kier alpha value is -1.25. The van der Waals surface area contributed by atoms with Crippen LogP contribution >= 0.6 is 0 Å². The lowest BCUT2D eigenvalue weighted by Gasteiger charge is -2.12. The molecule has 0 saturated carbocycles. The number of hydrogen-bond acceptors (Lipinski definition) is 4. The van der Waals surface area contributed by atoms with E-state index in [-0.39, 0.29) is 18.0 Å². The maximum absolute atomic E-state index is 12.1. The van der Waals surface area contributed by atoms with Gasteiger partial charge < -0.3 is 10.1 Å². The van der Waals surface area contributed by atoms with Crippen LogP contribution in [0.15, 0.2) is 29.2 Å². The highest BCUT2D eigenvalue weighted by atomic mass is 32.2. The molecule has 20 heavy (non-hydrogen) atoms. The van der Waals surface area contributed by atoms with Crippen molar-refractivity contribution in [2.24, 2.45) is 0 Å². The molecule has 0 unspecified atom stereocenters. The largest absolute Gasteiger partial charge is 0.384 e. The highest BCUT2D eigenvalue weighted by molar-refractivity contribution is 7.89. The molecule has 1 rings (SSSR count). The Morgan fingerprint density at radius 2 is 2.00 bits per heavy atom. The normalized spacial score (nSPS) is 11.8. The minimum absolute atomic E-state index is 0.0600. The molecule has 0 aromatic heterocycles. The van der Waals surface area contributed by atoms with Crippen LogP contribution in [0.4, 0.5) is 14.5 Å². The summed E-state index contributed by atoms with van der Waals surface area (Å²) >= 11 is 0. The molecule has 8 heteroatoms. The summed E-state index contributed by atoms with van der Waals surface area (Å²) in [5, 5.41) is 2.95. The average Bonchev–Trinajstić information content (AvgIpc) is 2.38. The van der Waals surface area contributed by atoms with Crippen LogP contribution < -0.4 is 10.0 Å². The topological polar surface area (TPSA) is 67.4 Å². The Morgan fingerprint density at radius 3 is 2.65 bits per heavy atom. The Morgan fingerprint density at radius 1 is 1.30 bits per heavy atom. The monoisotopic (exact) mass is 308 g/mol. The summed E-state index contributed by atoms with van der Waals surface area (Å²) in [6, 6.07) is 6.47. The molecule has 1 aromatic carbocycles. The molecule has 0 amide bonds. The van der Waals surface area contributed by atoms with E-state index in [1.165, 1.54) is 6.07 Å². The molecule has 114 valence electrons. The van der Waals surface area contributed by atoms with Gasteiger partial charge in [0.15, 0.2) is 0 Å². The summed E-state index contributed by atoms with van der Waals surface area (Å²) in [6.07, 6.45) is -2.55. The number of hydrogen-bond donors (Lipinski definition) is 2. The Balaban J connectivity index is 2.60. The summed E-state index contributed by atoms with van der Waals surface area (Å²) in [5.41, 5.74) is 0.496. The van der Waals surface area contributed by atoms with Gasteiger partial charge in [-0.25, -0.2) is 21.9 Å². The molecule has 0 aliphatic carbocycles. The highest BCUT2D eigenvalue weighted by Crippen LogP contribution is 2.20. The molecular formula is C12H18F2N2O3S. The predicted molar refractivity (Wildman–Crippen MR) is 72.6 cm³/mol. The number of alkyl halides is 2. The fourth-order valence-corrected chi connectivity index (χ4v) is 2.73. The van der Waals surface area contributed by atoms with Gasteiger partial charge in [-0.05, 0) is 19.1 Å². The minimum Gasteiger partial charge on any atom is -0.384 e. The van der Waals surface area contributed by atoms with Gasteiger partial charge in [-0.3, -0.25) is 0 Å². The molecule has 0 saturated heterocycles. The van der Waals surface area contributed by atoms with E-state index < -0.39 is 23.1 Å². The zero-order valence-corrected chi connectivity index (χ0v) is 11.9. The Labute approximate surface area is 117 Å². The van der Waals surface area contributed by atoms with Gasteiger partial charge in [-0.1, -0.05) is 12.1 Å². The van der Waals surface area contributed by atoms with Crippen molar-refractivity contribution in [3.63, 3.8) is 0 Å². The van der Waals surface area contributed by atoms with Gasteiger partial charge >= 0.3 is 0 Å². The van der Waals surface area contributed by atoms with Crippen LogP contribution in [-0.4, -0.2) is 41.1 Å². The van der Waals surface area contributed by atoms with Crippen LogP contribution in [0, 0.1) is 0 Å². The lowest BCUT2D eigenvalue weighted by Crippen LogP contribution is -2.28. The minimum atomic E-state index is -3.69. The highest BCUT2D eigenvalue weighted by Gasteiger charge is 2.17. The third kappa shape index (κ3) is 5.40. The summed E-state index contributed by atoms with van der Waals surface area (Å²) in [5.74, 6) is 0. The van der Waals surface area contributed by atoms with E-state index in [9.17, 15) is 17.2 Å². The van der Waals surface area contributed by atoms with E-state index in [0.29, 0.717) is 12.2 Å². The zero-order chi connectivity index (χ0) is 15.0. The molecule has 0 atom stereocenters. The van der Waals surface area contributed by atoms with Crippen LogP contribution in [-0.2, 0) is 14.8 Å². The molecule has 0 heterocycles. The van der Waals surface area contributed by atoms with E-state index in [2.05, 4.69) is 14.8 Å². The van der Waals surface area contributed by atoms with E-state index in [0.717, 1.165) is 0 Å². The summed E-state index contributed by atoms with van der Waals surface area (Å²) in [4.78, 5) is 0.121. The number of para-hydroxylation sites is 1. The summed E-state index contributed by atoms with van der Waals surface area (Å²) in [6.45, 7) is 1.58. The first-order chi connectivity index (χ1) is 9.47. The Bertz CT molecular complexity index is 509. The smallest absolute Gasteiger partial charge is 0.261 e. The third-order valence-corrected chi connectivity index (χ3v) is 3.85. The van der Waals surface area contributed by atoms with Gasteiger partial charge in [-0.2, -0.15) is 0 Å². The Kier molecular flexibility index (Phi) is 6.83. The van der Waals surface area contributed by atoms with Gasteiger partial charge in [-0.15, -0.1) is 0 Å². The van der Waals surface area contributed by atoms with Crippen molar-refractivity contribution in [2.75, 3.05) is 31.6 Å². The van der Waals surface area contributed by atoms with E-state index in [4.69, 9.17) is 0 Å². The molecule has 0 radical (unpaired) electrons. The molecule has 0 fully saturated rings. The number of halogens is 2. The molecule has 0 aliphatic rings. The van der Waals surface area contributed by atoms with Crippen molar-refractivity contribution in [1.82, 2.24) is 4.72 Å². The fourth-order valence-electron chi connectivity index (χ4n) is 1.54. The lowest BCUT2D eigenvalue weighted by molar-refractivity contribution is 0.0199. The first-order valence-corrected chi connectivity index (χ1v) is 7.64. The van der Waals surface area contributed by atoms with Crippen LogP contribution in [0.3, 0.4) is 0 Å². The second-order valence-electron chi connectivity index (χ2n) is 3.89. The number of nitrogens with one attached hydrogen (secondary N) is 2. The van der Waals surface area contributed by atoms with E-state index >= 15 is 0 Å². The van der Waals surface area contributed by atoms with Gasteiger partial charge in [0.1, 0.15) is 11.5 Å². The van der Waals surface area contributed by atoms with Crippen molar-refractivity contribution in [1.29, 1.82) is 0 Å². The molecule has 0 spiro atoms. The predicted octanol–water partition coefficient (Wildman–Crippen LogP) is 1.68. The standard InChI is InChI=1S/C12H18F2N2O3S/c1-2-15-10-5-3-4-6-11(10)20(17,18)16-7-8-19-9-12(13)14/h3-6,12,15-16H,2,7-9H2,1H3. The van der Waals surface area contributed by atoms with Crippen LogP contribution in [0.25, 0.3) is 0 Å². The van der Waals surface area contributed by atoms with E-state index in [1.54, 1.807) is 18.2 Å². The van der Waals surface area contributed by atoms with Crippen molar-refractivity contribution in [3.05, 3.63) is 24.3 Å². The van der Waals surface area contributed by atoms with Gasteiger partial charge in [0.05, 0.1) is 12.3 Å². The third-order valence-electron chi connectivity index (χ3n) is 2.33. The van der Waals surface area contributed by atoms with Crippen molar-refractivity contribution >= 4 is 15.7 Å². The van der Waals surface area contributed by atoms with Crippen LogP contribution in [0.2, 0.25) is 0 Å². The number of anilines is 1. The quantitative estimate of drug-likeness (QED) is 0.681. The fraction of sp³-hybridized carbons (Fsp3) is 0.500. The maximum Gasteiger partial charge on any atom is 0.261 e. The van der Waals surface area contributed by atoms with Crippen molar-refractivity contribution < 1.29 is 21.9 Å². The number of ether oxygens (including phenoxy) is 1. The zero-order valence-electron chi connectivity index (χ0n) is 11.1. The molecule has 0 aliphatic heterocycles. The van der Waals surface area contributed by atoms with E-state index in [1.807, 2.05) is 6.92 Å². The second-order valence-corrected chi connectivity index (χ2v) is 5.63. The number of sulfonamides is 1. The van der Waals surface area contributed by atoms with Crippen molar-refractivity contribution in [2.45, 2.75) is 18.2 Å². The van der Waals surface area contributed by atoms with Crippen LogP contribution in [0.5, 0.6) is 0 Å². The van der Waals surface area contributed by atoms with Gasteiger partial charge in [0.25, 0.3) is 6.43 Å². The SMILES string of the molecule is CCNc1ccccc1S(=O)(=O)NCCOCC(F)F. The lowest BCUT2D eigenvalue weighted by atomic mass is 10.3. The average molecular weight is 308 g/mol. The van der Waals surface area contributed by atoms with Gasteiger partial charge in [0.2, 0.25) is 10.0 Å². The van der Waals surface area contributed by atoms with Gasteiger partial charge in [0, 0.05) is 13.1 Å². The second kappa shape index (κ2) is 8.13. The number of rotatable bonds is 9.